The summed E-state index contributed by atoms with van der Waals surface area (Å²) in [5.41, 5.74) is 8.45. The van der Waals surface area contributed by atoms with Crippen molar-refractivity contribution in [1.82, 2.24) is 14.6 Å². The normalized spacial score (nSPS) is 14.5. The van der Waals surface area contributed by atoms with Crippen LogP contribution in [0.15, 0.2) is 54.6 Å². The van der Waals surface area contributed by atoms with Crippen molar-refractivity contribution in [2.24, 2.45) is 5.92 Å². The maximum Gasteiger partial charge on any atom is 0.227 e. The topological polar surface area (TPSA) is 62.5 Å². The van der Waals surface area contributed by atoms with Gasteiger partial charge in [0.2, 0.25) is 5.91 Å². The van der Waals surface area contributed by atoms with Crippen molar-refractivity contribution in [1.29, 1.82) is 0 Å². The van der Waals surface area contributed by atoms with E-state index in [1.54, 1.807) is 0 Å². The zero-order valence-corrected chi connectivity index (χ0v) is 21.0. The highest BCUT2D eigenvalue weighted by molar-refractivity contribution is 5.92. The summed E-state index contributed by atoms with van der Waals surface area (Å²) in [6.45, 7) is 10.00. The van der Waals surface area contributed by atoms with E-state index in [1.165, 1.54) is 16.7 Å². The van der Waals surface area contributed by atoms with E-state index in [9.17, 15) is 4.79 Å². The molecule has 1 aliphatic heterocycles. The Morgan fingerprint density at radius 3 is 2.31 bits per heavy atom. The van der Waals surface area contributed by atoms with Crippen molar-refractivity contribution in [3.8, 4) is 11.3 Å². The van der Waals surface area contributed by atoms with Crippen LogP contribution < -0.4 is 10.2 Å². The van der Waals surface area contributed by atoms with Crippen LogP contribution in [0, 0.1) is 26.7 Å². The van der Waals surface area contributed by atoms with E-state index in [4.69, 9.17) is 10.1 Å². The van der Waals surface area contributed by atoms with Gasteiger partial charge in [-0.2, -0.15) is 9.61 Å². The fourth-order valence-corrected chi connectivity index (χ4v) is 5.01. The van der Waals surface area contributed by atoms with Crippen molar-refractivity contribution >= 4 is 23.1 Å². The van der Waals surface area contributed by atoms with E-state index in [2.05, 4.69) is 73.5 Å². The van der Waals surface area contributed by atoms with E-state index < -0.39 is 0 Å². The molecule has 1 saturated heterocycles. The van der Waals surface area contributed by atoms with Crippen LogP contribution in [0.1, 0.15) is 42.1 Å². The van der Waals surface area contributed by atoms with Crippen LogP contribution in [-0.4, -0.2) is 33.6 Å². The molecule has 0 unspecified atom stereocenters. The third-order valence-corrected chi connectivity index (χ3v) is 6.87. The molecule has 5 rings (SSSR count). The number of amides is 1. The van der Waals surface area contributed by atoms with E-state index in [0.717, 1.165) is 66.5 Å². The first kappa shape index (κ1) is 23.1. The number of nitrogens with one attached hydrogen (secondary N) is 1. The van der Waals surface area contributed by atoms with Gasteiger partial charge in [0, 0.05) is 48.1 Å². The number of carbonyl (C=O) groups excluding carboxylic acids is 1. The van der Waals surface area contributed by atoms with Gasteiger partial charge >= 0.3 is 0 Å². The molecule has 1 aliphatic rings. The molecule has 1 amide bonds. The summed E-state index contributed by atoms with van der Waals surface area (Å²) in [5, 5.41) is 8.04. The molecule has 6 heteroatoms. The minimum atomic E-state index is 0.0129. The Morgan fingerprint density at radius 2 is 1.66 bits per heavy atom. The predicted octanol–water partition coefficient (Wildman–Crippen LogP) is 5.74. The fraction of sp³-hybridized carbons (Fsp3) is 0.345. The SMILES string of the molecule is CCc1ccc(NC(=O)C2CCN(c3cc(C)nc4cc(-c5cc(C)cc(C)c5)nn34)CC2)cc1. The van der Waals surface area contributed by atoms with Crippen LogP contribution in [0.3, 0.4) is 0 Å². The van der Waals surface area contributed by atoms with Gasteiger partial charge in [-0.3, -0.25) is 4.79 Å². The summed E-state index contributed by atoms with van der Waals surface area (Å²) in [7, 11) is 0. The number of hydrogen-bond acceptors (Lipinski definition) is 4. The molecule has 1 fully saturated rings. The standard InChI is InChI=1S/C29H33N5O/c1-5-22-6-8-25(9-7-22)31-29(35)23-10-12-33(13-11-23)28-17-21(4)30-27-18-26(32-34(27)28)24-15-19(2)14-20(3)16-24/h6-9,14-18,23H,5,10-13H2,1-4H3,(H,31,35). The molecule has 4 aromatic rings. The lowest BCUT2D eigenvalue weighted by atomic mass is 9.95. The molecular formula is C29H33N5O. The van der Waals surface area contributed by atoms with E-state index in [-0.39, 0.29) is 11.8 Å². The zero-order chi connectivity index (χ0) is 24.5. The molecule has 0 bridgehead atoms. The van der Waals surface area contributed by atoms with Gasteiger partial charge in [-0.15, -0.1) is 0 Å². The van der Waals surface area contributed by atoms with Crippen molar-refractivity contribution in [3.63, 3.8) is 0 Å². The van der Waals surface area contributed by atoms with Gasteiger partial charge in [0.25, 0.3) is 0 Å². The smallest absolute Gasteiger partial charge is 0.227 e. The number of aromatic nitrogens is 3. The molecule has 0 atom stereocenters. The summed E-state index contributed by atoms with van der Waals surface area (Å²) in [6, 6.07) is 18.8. The highest BCUT2D eigenvalue weighted by Crippen LogP contribution is 2.28. The van der Waals surface area contributed by atoms with Gasteiger partial charge in [0.1, 0.15) is 5.82 Å². The van der Waals surface area contributed by atoms with Gasteiger partial charge in [-0.25, -0.2) is 4.98 Å². The third kappa shape index (κ3) is 4.92. The lowest BCUT2D eigenvalue weighted by molar-refractivity contribution is -0.120. The average Bonchev–Trinajstić information content (AvgIpc) is 3.27. The number of anilines is 2. The summed E-state index contributed by atoms with van der Waals surface area (Å²) >= 11 is 0. The van der Waals surface area contributed by atoms with Crippen molar-refractivity contribution in [2.75, 3.05) is 23.3 Å². The van der Waals surface area contributed by atoms with Gasteiger partial charge in [0.15, 0.2) is 5.65 Å². The lowest BCUT2D eigenvalue weighted by Crippen LogP contribution is -2.39. The quantitative estimate of drug-likeness (QED) is 0.407. The number of aryl methyl sites for hydroxylation is 4. The summed E-state index contributed by atoms with van der Waals surface area (Å²) < 4.78 is 1.95. The number of nitrogens with zero attached hydrogens (tertiary/aromatic N) is 4. The first-order chi connectivity index (χ1) is 16.9. The Kier molecular flexibility index (Phi) is 6.29. The van der Waals surface area contributed by atoms with Crippen molar-refractivity contribution in [3.05, 3.63) is 77.0 Å². The molecule has 3 heterocycles. The van der Waals surface area contributed by atoms with Gasteiger partial charge in [-0.1, -0.05) is 36.2 Å². The molecule has 0 saturated carbocycles. The molecule has 0 spiro atoms. The molecule has 1 N–H and O–H groups in total. The predicted molar refractivity (Wildman–Crippen MR) is 142 cm³/mol. The van der Waals surface area contributed by atoms with Crippen LogP contribution in [-0.2, 0) is 11.2 Å². The number of carbonyl (C=O) groups is 1. The van der Waals surface area contributed by atoms with Crippen LogP contribution in [0.2, 0.25) is 0 Å². The van der Waals surface area contributed by atoms with Gasteiger partial charge < -0.3 is 10.2 Å². The Bertz CT molecular complexity index is 1340. The Labute approximate surface area is 207 Å². The van der Waals surface area contributed by atoms with E-state index in [0.29, 0.717) is 0 Å². The monoisotopic (exact) mass is 467 g/mol. The molecule has 0 aliphatic carbocycles. The minimum absolute atomic E-state index is 0.0129. The van der Waals surface area contributed by atoms with Crippen LogP contribution in [0.4, 0.5) is 11.5 Å². The first-order valence-electron chi connectivity index (χ1n) is 12.5. The molecule has 35 heavy (non-hydrogen) atoms. The average molecular weight is 468 g/mol. The number of rotatable bonds is 5. The third-order valence-electron chi connectivity index (χ3n) is 6.87. The number of fused-ring (bicyclic) bond motifs is 1. The zero-order valence-electron chi connectivity index (χ0n) is 21.0. The summed E-state index contributed by atoms with van der Waals surface area (Å²) in [6.07, 6.45) is 2.62. The van der Waals surface area contributed by atoms with E-state index >= 15 is 0 Å². The largest absolute Gasteiger partial charge is 0.356 e. The maximum atomic E-state index is 12.9. The lowest BCUT2D eigenvalue weighted by Gasteiger charge is -2.33. The number of benzene rings is 2. The minimum Gasteiger partial charge on any atom is -0.356 e. The number of piperidine rings is 1. The second kappa shape index (κ2) is 9.53. The molecule has 180 valence electrons. The van der Waals surface area contributed by atoms with Gasteiger partial charge in [-0.05, 0) is 69.9 Å². The highest BCUT2D eigenvalue weighted by atomic mass is 16.1. The molecular weight excluding hydrogens is 434 g/mol. The van der Waals surface area contributed by atoms with Crippen LogP contribution >= 0.6 is 0 Å². The number of hydrogen-bond donors (Lipinski definition) is 1. The van der Waals surface area contributed by atoms with Crippen molar-refractivity contribution < 1.29 is 4.79 Å². The van der Waals surface area contributed by atoms with Crippen molar-refractivity contribution in [2.45, 2.75) is 47.0 Å². The Balaban J connectivity index is 1.32. The Morgan fingerprint density at radius 1 is 0.971 bits per heavy atom. The summed E-state index contributed by atoms with van der Waals surface area (Å²) in [5.74, 6) is 1.16. The molecule has 2 aromatic carbocycles. The van der Waals surface area contributed by atoms with Gasteiger partial charge in [0.05, 0.1) is 5.69 Å². The first-order valence-corrected chi connectivity index (χ1v) is 12.5. The fourth-order valence-electron chi connectivity index (χ4n) is 5.01. The second-order valence-electron chi connectivity index (χ2n) is 9.73. The van der Waals surface area contributed by atoms with Crippen LogP contribution in [0.5, 0.6) is 0 Å². The molecule has 0 radical (unpaired) electrons. The summed E-state index contributed by atoms with van der Waals surface area (Å²) in [4.78, 5) is 20.0. The van der Waals surface area contributed by atoms with Crippen LogP contribution in [0.25, 0.3) is 16.9 Å². The van der Waals surface area contributed by atoms with E-state index in [1.807, 2.05) is 23.6 Å². The Hall–Kier alpha value is -3.67. The maximum absolute atomic E-state index is 12.9. The second-order valence-corrected chi connectivity index (χ2v) is 9.73. The molecule has 6 nitrogen and oxygen atoms in total. The highest BCUT2D eigenvalue weighted by Gasteiger charge is 2.27. The molecule has 2 aromatic heterocycles.